The number of aliphatic hydroxyl groups excluding tert-OH is 1. The van der Waals surface area contributed by atoms with Crippen LogP contribution in [0.2, 0.25) is 0 Å². The third-order valence-electron chi connectivity index (χ3n) is 4.62. The predicted octanol–water partition coefficient (Wildman–Crippen LogP) is 1.36. The van der Waals surface area contributed by atoms with Gasteiger partial charge < -0.3 is 15.6 Å². The van der Waals surface area contributed by atoms with Gasteiger partial charge in [0.1, 0.15) is 6.17 Å². The van der Waals surface area contributed by atoms with Gasteiger partial charge in [-0.25, -0.2) is 13.4 Å². The summed E-state index contributed by atoms with van der Waals surface area (Å²) in [5.41, 5.74) is 3.05. The highest BCUT2D eigenvalue weighted by molar-refractivity contribution is 5.82. The molecule has 5 N–H and O–H groups in total. The third-order valence-corrected chi connectivity index (χ3v) is 4.62. The van der Waals surface area contributed by atoms with Crippen LogP contribution < -0.4 is 16.1 Å². The Morgan fingerprint density at radius 1 is 1.36 bits per heavy atom. The summed E-state index contributed by atoms with van der Waals surface area (Å²) in [5.74, 6) is -1.89. The van der Waals surface area contributed by atoms with E-state index in [9.17, 15) is 18.8 Å². The molecule has 0 amide bonds. The molecule has 1 aromatic heterocycles. The van der Waals surface area contributed by atoms with Crippen LogP contribution in [0.15, 0.2) is 16.8 Å². The van der Waals surface area contributed by atoms with E-state index in [0.717, 1.165) is 6.07 Å². The van der Waals surface area contributed by atoms with Crippen molar-refractivity contribution in [2.45, 2.75) is 37.9 Å². The maximum absolute atomic E-state index is 14.2. The summed E-state index contributed by atoms with van der Waals surface area (Å²) in [4.78, 5) is 11.7. The largest absolute Gasteiger partial charge is 0.396 e. The van der Waals surface area contributed by atoms with Gasteiger partial charge in [-0.05, 0) is 41.2 Å². The molecule has 2 atom stereocenters. The molecule has 2 unspecified atom stereocenters. The molecule has 152 valence electrons. The van der Waals surface area contributed by atoms with Gasteiger partial charge in [0, 0.05) is 24.6 Å². The van der Waals surface area contributed by atoms with E-state index >= 15 is 0 Å². The van der Waals surface area contributed by atoms with Gasteiger partial charge in [0.05, 0.1) is 6.54 Å². The van der Waals surface area contributed by atoms with E-state index in [1.165, 1.54) is 0 Å². The molecule has 0 saturated carbocycles. The van der Waals surface area contributed by atoms with Crippen molar-refractivity contribution in [2.24, 2.45) is 0 Å². The number of hydrogen-bond donors (Lipinski definition) is 5. The molecule has 28 heavy (non-hydrogen) atoms. The van der Waals surface area contributed by atoms with Gasteiger partial charge in [-0.1, -0.05) is 6.07 Å². The van der Waals surface area contributed by atoms with E-state index in [1.807, 2.05) is 5.48 Å². The van der Waals surface area contributed by atoms with Gasteiger partial charge in [0.25, 0.3) is 0 Å². The topological polar surface area (TPSA) is 133 Å². The number of aryl methyl sites for hydroxylation is 1. The number of fused-ring (bicyclic) bond motifs is 1. The second-order valence-corrected chi connectivity index (χ2v) is 6.47. The Hall–Kier alpha value is -2.47. The third kappa shape index (κ3) is 4.33. The SMILES string of the molecule is O=C(CCCO)CNc1nonc1C(NO)NC1CCc2ccc(F)c(F)c21. The van der Waals surface area contributed by atoms with Crippen molar-refractivity contribution in [1.29, 1.82) is 0 Å². The van der Waals surface area contributed by atoms with E-state index in [2.05, 4.69) is 25.6 Å². The number of carbonyl (C=O) groups excluding carboxylic acids is 1. The first-order valence-electron chi connectivity index (χ1n) is 8.86. The van der Waals surface area contributed by atoms with Crippen molar-refractivity contribution < 1.29 is 28.5 Å². The van der Waals surface area contributed by atoms with Crippen molar-refractivity contribution in [3.8, 4) is 0 Å². The molecule has 1 aliphatic rings. The maximum Gasteiger partial charge on any atom is 0.197 e. The second kappa shape index (κ2) is 9.15. The number of benzene rings is 1. The molecule has 2 aromatic rings. The molecular weight excluding hydrogens is 376 g/mol. The van der Waals surface area contributed by atoms with Gasteiger partial charge in [0.15, 0.2) is 28.9 Å². The number of nitrogens with zero attached hydrogens (tertiary/aromatic N) is 2. The molecule has 0 fully saturated rings. The number of ketones is 1. The van der Waals surface area contributed by atoms with Crippen molar-refractivity contribution >= 4 is 11.6 Å². The highest BCUT2D eigenvalue weighted by Gasteiger charge is 2.31. The monoisotopic (exact) mass is 397 g/mol. The molecule has 0 spiro atoms. The molecule has 1 heterocycles. The number of rotatable bonds is 10. The number of anilines is 1. The van der Waals surface area contributed by atoms with Gasteiger partial charge in [-0.2, -0.15) is 5.48 Å². The summed E-state index contributed by atoms with van der Waals surface area (Å²) >= 11 is 0. The summed E-state index contributed by atoms with van der Waals surface area (Å²) in [5, 5.41) is 31.4. The van der Waals surface area contributed by atoms with Gasteiger partial charge in [-0.15, -0.1) is 0 Å². The van der Waals surface area contributed by atoms with Crippen LogP contribution in [0.3, 0.4) is 0 Å². The second-order valence-electron chi connectivity index (χ2n) is 6.47. The first kappa shape index (κ1) is 20.3. The number of halogens is 2. The van der Waals surface area contributed by atoms with Crippen LogP contribution in [0, 0.1) is 11.6 Å². The molecular formula is C17H21F2N5O4. The Balaban J connectivity index is 1.70. The molecule has 1 aromatic carbocycles. The number of carbonyl (C=O) groups is 1. The highest BCUT2D eigenvalue weighted by atomic mass is 19.2. The van der Waals surface area contributed by atoms with Gasteiger partial charge in [0.2, 0.25) is 0 Å². The first-order chi connectivity index (χ1) is 13.5. The van der Waals surface area contributed by atoms with Crippen LogP contribution in [0.5, 0.6) is 0 Å². The standard InChI is InChI=1S/C17H21F2N5O4/c18-11-5-3-9-4-6-12(13(9)14(11)19)21-17(22-27)15-16(24-28-23-15)20-8-10(26)2-1-7-25/h3,5,12,17,21-22,25,27H,1-2,4,6-8H2,(H,20,24). The fraction of sp³-hybridized carbons (Fsp3) is 0.471. The minimum absolute atomic E-state index is 0.0640. The zero-order valence-corrected chi connectivity index (χ0v) is 14.9. The predicted molar refractivity (Wildman–Crippen MR) is 92.3 cm³/mol. The number of hydrogen-bond acceptors (Lipinski definition) is 9. The van der Waals surface area contributed by atoms with Crippen LogP contribution in [0.4, 0.5) is 14.6 Å². The Bertz CT molecular complexity index is 832. The first-order valence-corrected chi connectivity index (χ1v) is 8.86. The molecule has 1 aliphatic carbocycles. The number of hydroxylamine groups is 1. The van der Waals surface area contributed by atoms with Crippen LogP contribution in [-0.2, 0) is 11.2 Å². The van der Waals surface area contributed by atoms with E-state index in [4.69, 9.17) is 5.11 Å². The molecule has 0 saturated heterocycles. The lowest BCUT2D eigenvalue weighted by atomic mass is 10.1. The van der Waals surface area contributed by atoms with Crippen molar-refractivity contribution in [3.05, 3.63) is 40.6 Å². The lowest BCUT2D eigenvalue weighted by Gasteiger charge is -2.21. The summed E-state index contributed by atoms with van der Waals surface area (Å²) in [7, 11) is 0. The molecule has 0 aliphatic heterocycles. The molecule has 0 bridgehead atoms. The zero-order chi connectivity index (χ0) is 20.1. The minimum Gasteiger partial charge on any atom is -0.396 e. The zero-order valence-electron chi connectivity index (χ0n) is 14.9. The lowest BCUT2D eigenvalue weighted by molar-refractivity contribution is -0.117. The van der Waals surface area contributed by atoms with Crippen LogP contribution in [0.25, 0.3) is 0 Å². The highest BCUT2D eigenvalue weighted by Crippen LogP contribution is 2.35. The molecule has 0 radical (unpaired) electrons. The van der Waals surface area contributed by atoms with Gasteiger partial charge in [-0.3, -0.25) is 10.1 Å². The van der Waals surface area contributed by atoms with E-state index in [1.54, 1.807) is 6.07 Å². The fourth-order valence-electron chi connectivity index (χ4n) is 3.24. The Morgan fingerprint density at radius 3 is 2.93 bits per heavy atom. The Kier molecular flexibility index (Phi) is 6.62. The quantitative estimate of drug-likeness (QED) is 0.298. The number of nitrogens with one attached hydrogen (secondary N) is 3. The number of aliphatic hydroxyl groups is 1. The van der Waals surface area contributed by atoms with Crippen molar-refractivity contribution in [1.82, 2.24) is 21.1 Å². The number of aromatic nitrogens is 2. The summed E-state index contributed by atoms with van der Waals surface area (Å²) < 4.78 is 32.5. The Labute approximate surface area is 159 Å². The lowest BCUT2D eigenvalue weighted by Crippen LogP contribution is -2.35. The molecule has 9 nitrogen and oxygen atoms in total. The molecule has 3 rings (SSSR count). The average molecular weight is 397 g/mol. The Morgan fingerprint density at radius 2 is 2.18 bits per heavy atom. The summed E-state index contributed by atoms with van der Waals surface area (Å²) in [6.07, 6.45) is 0.620. The molecule has 11 heteroatoms. The minimum atomic E-state index is -1.00. The smallest absolute Gasteiger partial charge is 0.197 e. The number of Topliss-reactive ketones (excluding diaryl/α,β-unsaturated/α-hetero) is 1. The van der Waals surface area contributed by atoms with E-state index < -0.39 is 23.8 Å². The van der Waals surface area contributed by atoms with Gasteiger partial charge >= 0.3 is 0 Å². The average Bonchev–Trinajstić information content (AvgIpc) is 3.32. The normalized spacial score (nSPS) is 16.8. The summed E-state index contributed by atoms with van der Waals surface area (Å²) in [6.45, 7) is -0.144. The maximum atomic E-state index is 14.2. The van der Waals surface area contributed by atoms with Crippen molar-refractivity contribution in [3.63, 3.8) is 0 Å². The van der Waals surface area contributed by atoms with Crippen LogP contribution in [-0.4, -0.2) is 39.6 Å². The summed E-state index contributed by atoms with van der Waals surface area (Å²) in [6, 6.07) is 2.07. The van der Waals surface area contributed by atoms with Crippen molar-refractivity contribution in [2.75, 3.05) is 18.5 Å². The van der Waals surface area contributed by atoms with E-state index in [-0.39, 0.29) is 42.4 Å². The van der Waals surface area contributed by atoms with Crippen LogP contribution in [0.1, 0.15) is 48.3 Å². The van der Waals surface area contributed by atoms with Crippen LogP contribution >= 0.6 is 0 Å². The van der Waals surface area contributed by atoms with E-state index in [0.29, 0.717) is 24.8 Å². The fourth-order valence-corrected chi connectivity index (χ4v) is 3.24.